The maximum atomic E-state index is 13.2. The number of anilines is 1. The minimum absolute atomic E-state index is 0.252. The second-order valence-corrected chi connectivity index (χ2v) is 7.36. The lowest BCUT2D eigenvalue weighted by atomic mass is 9.88. The summed E-state index contributed by atoms with van der Waals surface area (Å²) in [5.74, 6) is -1.41. The summed E-state index contributed by atoms with van der Waals surface area (Å²) >= 11 is 0. The number of benzene rings is 3. The fourth-order valence-corrected chi connectivity index (χ4v) is 3.68. The first-order chi connectivity index (χ1) is 13.9. The Kier molecular flexibility index (Phi) is 4.76. The zero-order valence-electron chi connectivity index (χ0n) is 15.9. The molecule has 0 bridgehead atoms. The van der Waals surface area contributed by atoms with Gasteiger partial charge in [-0.05, 0) is 42.8 Å². The molecule has 0 unspecified atom stereocenters. The van der Waals surface area contributed by atoms with Crippen LogP contribution < -0.4 is 4.90 Å². The number of rotatable bonds is 5. The van der Waals surface area contributed by atoms with Gasteiger partial charge in [-0.2, -0.15) is 0 Å². The zero-order valence-corrected chi connectivity index (χ0v) is 15.9. The number of carbonyl (C=O) groups is 2. The Morgan fingerprint density at radius 2 is 1.66 bits per heavy atom. The highest BCUT2D eigenvalue weighted by atomic mass is 19.1. The molecule has 1 atom stereocenters. The standard InChI is InChI=1S/C24H20FNO3/c1-16-6-8-17(9-7-16)15-26-21-5-3-2-4-20(21)24(29,23(26)28)14-22(27)18-10-12-19(25)13-11-18/h2-13,29H,14-15H2,1H3/t24-/m1/s1. The Bertz CT molecular complexity index is 1080. The van der Waals surface area contributed by atoms with Crippen LogP contribution >= 0.6 is 0 Å². The lowest BCUT2D eigenvalue weighted by molar-refractivity contribution is -0.136. The van der Waals surface area contributed by atoms with Crippen molar-refractivity contribution in [2.75, 3.05) is 4.90 Å². The van der Waals surface area contributed by atoms with Crippen molar-refractivity contribution in [1.29, 1.82) is 0 Å². The van der Waals surface area contributed by atoms with Gasteiger partial charge in [-0.25, -0.2) is 4.39 Å². The van der Waals surface area contributed by atoms with Gasteiger partial charge >= 0.3 is 0 Å². The highest BCUT2D eigenvalue weighted by Crippen LogP contribution is 2.43. The number of hydrogen-bond donors (Lipinski definition) is 1. The molecule has 5 heteroatoms. The van der Waals surface area contributed by atoms with Crippen molar-refractivity contribution in [3.63, 3.8) is 0 Å². The average molecular weight is 389 g/mol. The Labute approximate surface area is 168 Å². The minimum atomic E-state index is -1.95. The Balaban J connectivity index is 1.66. The van der Waals surface area contributed by atoms with Gasteiger partial charge in [0.1, 0.15) is 5.82 Å². The molecule has 0 fully saturated rings. The van der Waals surface area contributed by atoms with Crippen LogP contribution in [-0.4, -0.2) is 16.8 Å². The summed E-state index contributed by atoms with van der Waals surface area (Å²) in [7, 11) is 0. The number of hydrogen-bond acceptors (Lipinski definition) is 3. The molecule has 146 valence electrons. The third-order valence-electron chi connectivity index (χ3n) is 5.28. The average Bonchev–Trinajstić information content (AvgIpc) is 2.92. The summed E-state index contributed by atoms with van der Waals surface area (Å²) in [5.41, 5.74) is 1.34. The molecule has 4 rings (SSSR count). The Morgan fingerprint density at radius 3 is 2.34 bits per heavy atom. The molecule has 3 aromatic rings. The van der Waals surface area contributed by atoms with E-state index in [1.807, 2.05) is 31.2 Å². The molecular formula is C24H20FNO3. The van der Waals surface area contributed by atoms with Gasteiger partial charge in [0.2, 0.25) is 0 Å². The van der Waals surface area contributed by atoms with E-state index >= 15 is 0 Å². The molecule has 29 heavy (non-hydrogen) atoms. The molecule has 1 N–H and O–H groups in total. The smallest absolute Gasteiger partial charge is 0.264 e. The van der Waals surface area contributed by atoms with Crippen LogP contribution in [0.25, 0.3) is 0 Å². The fourth-order valence-electron chi connectivity index (χ4n) is 3.68. The van der Waals surface area contributed by atoms with Crippen molar-refractivity contribution < 1.29 is 19.1 Å². The molecule has 1 aliphatic rings. The number of fused-ring (bicyclic) bond motifs is 1. The maximum Gasteiger partial charge on any atom is 0.264 e. The first-order valence-corrected chi connectivity index (χ1v) is 9.37. The predicted octanol–water partition coefficient (Wildman–Crippen LogP) is 4.14. The van der Waals surface area contributed by atoms with Gasteiger partial charge in [-0.3, -0.25) is 9.59 Å². The Hall–Kier alpha value is -3.31. The second-order valence-electron chi connectivity index (χ2n) is 7.36. The molecule has 0 saturated carbocycles. The van der Waals surface area contributed by atoms with E-state index in [0.717, 1.165) is 11.1 Å². The van der Waals surface area contributed by atoms with E-state index in [9.17, 15) is 19.1 Å². The topological polar surface area (TPSA) is 57.6 Å². The highest BCUT2D eigenvalue weighted by Gasteiger charge is 2.50. The van der Waals surface area contributed by atoms with Crippen LogP contribution in [0.2, 0.25) is 0 Å². The van der Waals surface area contributed by atoms with E-state index < -0.39 is 29.5 Å². The molecule has 1 aliphatic heterocycles. The minimum Gasteiger partial charge on any atom is -0.375 e. The van der Waals surface area contributed by atoms with Crippen molar-refractivity contribution >= 4 is 17.4 Å². The highest BCUT2D eigenvalue weighted by molar-refractivity contribution is 6.10. The molecule has 0 radical (unpaired) electrons. The zero-order chi connectivity index (χ0) is 20.6. The quantitative estimate of drug-likeness (QED) is 0.667. The van der Waals surface area contributed by atoms with Crippen LogP contribution in [-0.2, 0) is 16.9 Å². The second kappa shape index (κ2) is 7.26. The van der Waals surface area contributed by atoms with E-state index in [4.69, 9.17) is 0 Å². The molecule has 0 aromatic heterocycles. The van der Waals surface area contributed by atoms with Crippen molar-refractivity contribution in [1.82, 2.24) is 0 Å². The summed E-state index contributed by atoms with van der Waals surface area (Å²) in [6.45, 7) is 2.28. The van der Waals surface area contributed by atoms with Gasteiger partial charge in [-0.15, -0.1) is 0 Å². The first kappa shape index (κ1) is 19.0. The lowest BCUT2D eigenvalue weighted by Crippen LogP contribution is -2.41. The number of para-hydroxylation sites is 1. The summed E-state index contributed by atoms with van der Waals surface area (Å²) in [6, 6.07) is 19.8. The third-order valence-corrected chi connectivity index (χ3v) is 5.28. The van der Waals surface area contributed by atoms with Crippen LogP contribution in [0.1, 0.15) is 33.5 Å². The summed E-state index contributed by atoms with van der Waals surface area (Å²) < 4.78 is 13.2. The monoisotopic (exact) mass is 389 g/mol. The number of carbonyl (C=O) groups excluding carboxylic acids is 2. The lowest BCUT2D eigenvalue weighted by Gasteiger charge is -2.23. The third kappa shape index (κ3) is 3.45. The molecule has 4 nitrogen and oxygen atoms in total. The first-order valence-electron chi connectivity index (χ1n) is 9.37. The molecule has 1 amide bonds. The van der Waals surface area contributed by atoms with Gasteiger partial charge in [-0.1, -0.05) is 48.0 Å². The van der Waals surface area contributed by atoms with E-state index in [1.165, 1.54) is 29.2 Å². The van der Waals surface area contributed by atoms with E-state index in [2.05, 4.69) is 0 Å². The van der Waals surface area contributed by atoms with Crippen LogP contribution in [0.15, 0.2) is 72.8 Å². The molecule has 1 heterocycles. The van der Waals surface area contributed by atoms with Gasteiger partial charge in [0, 0.05) is 11.1 Å². The van der Waals surface area contributed by atoms with Crippen LogP contribution in [0.4, 0.5) is 10.1 Å². The van der Waals surface area contributed by atoms with Gasteiger partial charge in [0.25, 0.3) is 5.91 Å². The fraction of sp³-hybridized carbons (Fsp3) is 0.167. The van der Waals surface area contributed by atoms with Crippen LogP contribution in [0, 0.1) is 12.7 Å². The summed E-state index contributed by atoms with van der Waals surface area (Å²) in [5, 5.41) is 11.3. The van der Waals surface area contributed by atoms with Gasteiger partial charge in [0.05, 0.1) is 18.7 Å². The molecular weight excluding hydrogens is 369 g/mol. The number of nitrogens with zero attached hydrogens (tertiary/aromatic N) is 1. The van der Waals surface area contributed by atoms with E-state index in [-0.39, 0.29) is 5.56 Å². The number of halogens is 1. The number of aryl methyl sites for hydroxylation is 1. The number of aliphatic hydroxyl groups is 1. The molecule has 0 aliphatic carbocycles. The molecule has 0 saturated heterocycles. The van der Waals surface area contributed by atoms with Crippen LogP contribution in [0.3, 0.4) is 0 Å². The summed E-state index contributed by atoms with van der Waals surface area (Å²) in [6.07, 6.45) is -0.404. The summed E-state index contributed by atoms with van der Waals surface area (Å²) in [4.78, 5) is 27.5. The molecule has 3 aromatic carbocycles. The SMILES string of the molecule is Cc1ccc(CN2C(=O)[C@@](O)(CC(=O)c3ccc(F)cc3)c3ccccc32)cc1. The number of ketones is 1. The van der Waals surface area contributed by atoms with E-state index in [1.54, 1.807) is 24.3 Å². The van der Waals surface area contributed by atoms with E-state index in [0.29, 0.717) is 17.8 Å². The number of amides is 1. The predicted molar refractivity (Wildman–Crippen MR) is 108 cm³/mol. The van der Waals surface area contributed by atoms with Gasteiger partial charge in [0.15, 0.2) is 11.4 Å². The van der Waals surface area contributed by atoms with Gasteiger partial charge < -0.3 is 10.0 Å². The normalized spacial score (nSPS) is 18.0. The number of Topliss-reactive ketones (excluding diaryl/α,β-unsaturated/α-hetero) is 1. The van der Waals surface area contributed by atoms with Crippen molar-refractivity contribution in [3.8, 4) is 0 Å². The maximum absolute atomic E-state index is 13.2. The van der Waals surface area contributed by atoms with Crippen molar-refractivity contribution in [2.45, 2.75) is 25.5 Å². The van der Waals surface area contributed by atoms with Crippen LogP contribution in [0.5, 0.6) is 0 Å². The van der Waals surface area contributed by atoms with Crippen molar-refractivity contribution in [3.05, 3.63) is 101 Å². The Morgan fingerprint density at radius 1 is 1.00 bits per heavy atom. The largest absolute Gasteiger partial charge is 0.375 e. The molecule has 0 spiro atoms. The van der Waals surface area contributed by atoms with Crippen molar-refractivity contribution in [2.24, 2.45) is 0 Å².